The molecule has 1 aromatic heterocycles. The van der Waals surface area contributed by atoms with Crippen LogP contribution >= 0.6 is 23.4 Å². The van der Waals surface area contributed by atoms with Crippen molar-refractivity contribution < 1.29 is 9.59 Å². The number of aromatic nitrogens is 1. The van der Waals surface area contributed by atoms with E-state index in [2.05, 4.69) is 15.6 Å². The van der Waals surface area contributed by atoms with Crippen LogP contribution in [0.3, 0.4) is 0 Å². The van der Waals surface area contributed by atoms with E-state index in [9.17, 15) is 9.59 Å². The molecule has 0 fully saturated rings. The fourth-order valence-electron chi connectivity index (χ4n) is 2.20. The summed E-state index contributed by atoms with van der Waals surface area (Å²) in [6, 6.07) is 10.8. The maximum Gasteiger partial charge on any atom is 0.238 e. The second-order valence-corrected chi connectivity index (χ2v) is 6.69. The third-order valence-electron chi connectivity index (χ3n) is 3.32. The fourth-order valence-corrected chi connectivity index (χ4v) is 3.45. The quantitative estimate of drug-likeness (QED) is 0.892. The number of nitrogens with one attached hydrogen (secondary N) is 2. The molecule has 1 atom stereocenters. The summed E-state index contributed by atoms with van der Waals surface area (Å²) in [6.45, 7) is 0.382. The summed E-state index contributed by atoms with van der Waals surface area (Å²) >= 11 is 7.22. The zero-order valence-electron chi connectivity index (χ0n) is 12.1. The molecule has 0 bridgehead atoms. The van der Waals surface area contributed by atoms with Crippen molar-refractivity contribution in [2.75, 3.05) is 5.32 Å². The molecular weight excluding hydrogens is 334 g/mol. The molecule has 7 heteroatoms. The Kier molecular flexibility index (Phi) is 4.83. The van der Waals surface area contributed by atoms with Gasteiger partial charge in [0.05, 0.1) is 10.9 Å². The molecule has 1 aromatic carbocycles. The number of anilines is 1. The molecule has 0 saturated carbocycles. The Morgan fingerprint density at radius 1 is 1.35 bits per heavy atom. The van der Waals surface area contributed by atoms with Gasteiger partial charge in [0, 0.05) is 24.2 Å². The fraction of sp³-hybridized carbons (Fsp3) is 0.188. The Balaban J connectivity index is 1.57. The summed E-state index contributed by atoms with van der Waals surface area (Å²) in [5.74, 6) is -0.356. The lowest BCUT2D eigenvalue weighted by Crippen LogP contribution is -2.34. The van der Waals surface area contributed by atoms with Crippen LogP contribution in [0.5, 0.6) is 0 Å². The zero-order chi connectivity index (χ0) is 16.2. The van der Waals surface area contributed by atoms with Gasteiger partial charge in [-0.2, -0.15) is 0 Å². The van der Waals surface area contributed by atoms with Crippen LogP contribution in [0.15, 0.2) is 47.6 Å². The maximum atomic E-state index is 12.1. The molecule has 1 unspecified atom stereocenters. The first-order valence-corrected chi connectivity index (χ1v) is 8.31. The van der Waals surface area contributed by atoms with E-state index in [0.717, 1.165) is 10.6 Å². The van der Waals surface area contributed by atoms with Crippen LogP contribution in [0.2, 0.25) is 5.02 Å². The van der Waals surface area contributed by atoms with Crippen LogP contribution < -0.4 is 10.6 Å². The Labute approximate surface area is 142 Å². The van der Waals surface area contributed by atoms with Gasteiger partial charge in [-0.1, -0.05) is 35.5 Å². The molecule has 5 nitrogen and oxygen atoms in total. The highest BCUT2D eigenvalue weighted by Gasteiger charge is 2.29. The minimum Gasteiger partial charge on any atom is -0.352 e. The molecule has 0 spiro atoms. The van der Waals surface area contributed by atoms with Crippen molar-refractivity contribution in [3.05, 3.63) is 53.2 Å². The Morgan fingerprint density at radius 2 is 2.22 bits per heavy atom. The monoisotopic (exact) mass is 347 g/mol. The van der Waals surface area contributed by atoms with Gasteiger partial charge in [-0.3, -0.25) is 9.59 Å². The van der Waals surface area contributed by atoms with E-state index in [-0.39, 0.29) is 18.2 Å². The van der Waals surface area contributed by atoms with Gasteiger partial charge in [-0.15, -0.1) is 0 Å². The molecule has 3 rings (SSSR count). The van der Waals surface area contributed by atoms with Gasteiger partial charge in [-0.25, -0.2) is 4.98 Å². The Bertz CT molecular complexity index is 754. The van der Waals surface area contributed by atoms with Gasteiger partial charge < -0.3 is 10.6 Å². The van der Waals surface area contributed by atoms with Crippen molar-refractivity contribution in [1.29, 1.82) is 0 Å². The molecule has 2 N–H and O–H groups in total. The number of rotatable bonds is 4. The number of amides is 2. The number of pyridine rings is 1. The van der Waals surface area contributed by atoms with E-state index in [1.165, 1.54) is 11.8 Å². The molecule has 0 aliphatic carbocycles. The topological polar surface area (TPSA) is 71.1 Å². The van der Waals surface area contributed by atoms with Gasteiger partial charge in [-0.05, 0) is 29.8 Å². The van der Waals surface area contributed by atoms with E-state index in [1.54, 1.807) is 30.5 Å². The van der Waals surface area contributed by atoms with Crippen molar-refractivity contribution in [3.8, 4) is 0 Å². The number of thioether (sulfide) groups is 1. The highest BCUT2D eigenvalue weighted by atomic mass is 35.5. The number of nitrogens with zero attached hydrogens (tertiary/aromatic N) is 1. The minimum atomic E-state index is -0.475. The van der Waals surface area contributed by atoms with Crippen LogP contribution in [0.25, 0.3) is 0 Å². The Morgan fingerprint density at radius 3 is 3.04 bits per heavy atom. The minimum absolute atomic E-state index is 0.104. The van der Waals surface area contributed by atoms with Crippen molar-refractivity contribution in [3.63, 3.8) is 0 Å². The van der Waals surface area contributed by atoms with E-state index in [1.807, 2.05) is 12.1 Å². The molecule has 1 aliphatic heterocycles. The van der Waals surface area contributed by atoms with Gasteiger partial charge in [0.1, 0.15) is 5.03 Å². The molecule has 0 saturated heterocycles. The number of carbonyl (C=O) groups excluding carboxylic acids is 2. The second-order valence-electron chi connectivity index (χ2n) is 5.06. The van der Waals surface area contributed by atoms with Crippen molar-refractivity contribution >= 4 is 40.9 Å². The van der Waals surface area contributed by atoms with Crippen LogP contribution in [0.1, 0.15) is 12.0 Å². The molecule has 23 heavy (non-hydrogen) atoms. The second kappa shape index (κ2) is 7.02. The predicted molar refractivity (Wildman–Crippen MR) is 90.4 cm³/mol. The first kappa shape index (κ1) is 15.8. The lowest BCUT2D eigenvalue weighted by Gasteiger charge is -2.22. The molecule has 2 amide bonds. The first-order valence-electron chi connectivity index (χ1n) is 7.05. The standard InChI is InChI=1S/C16H14ClN3O2S/c17-11-4-1-3-10(7-11)9-19-14(21)8-13-15(22)20-12-5-2-6-18-16(12)23-13/h1-7,13H,8-9H2,(H,19,21)(H,20,22). The highest BCUT2D eigenvalue weighted by molar-refractivity contribution is 8.00. The van der Waals surface area contributed by atoms with Crippen LogP contribution in [-0.4, -0.2) is 22.0 Å². The number of benzene rings is 1. The van der Waals surface area contributed by atoms with Crippen LogP contribution in [0.4, 0.5) is 5.69 Å². The van der Waals surface area contributed by atoms with Crippen LogP contribution in [0, 0.1) is 0 Å². The van der Waals surface area contributed by atoms with E-state index in [0.29, 0.717) is 17.3 Å². The SMILES string of the molecule is O=C(CC1Sc2ncccc2NC1=O)NCc1cccc(Cl)c1. The summed E-state index contributed by atoms with van der Waals surface area (Å²) in [5.41, 5.74) is 1.61. The van der Waals surface area contributed by atoms with Gasteiger partial charge in [0.15, 0.2) is 0 Å². The van der Waals surface area contributed by atoms with Crippen LogP contribution in [-0.2, 0) is 16.1 Å². The van der Waals surface area contributed by atoms with Crippen molar-refractivity contribution in [2.24, 2.45) is 0 Å². The van der Waals surface area contributed by atoms with E-state index >= 15 is 0 Å². The van der Waals surface area contributed by atoms with Gasteiger partial charge in [0.2, 0.25) is 11.8 Å². The van der Waals surface area contributed by atoms with Crippen molar-refractivity contribution in [2.45, 2.75) is 23.2 Å². The lowest BCUT2D eigenvalue weighted by atomic mass is 10.2. The van der Waals surface area contributed by atoms with E-state index < -0.39 is 5.25 Å². The van der Waals surface area contributed by atoms with Crippen molar-refractivity contribution in [1.82, 2.24) is 10.3 Å². The molecule has 118 valence electrons. The average molecular weight is 348 g/mol. The third-order valence-corrected chi connectivity index (χ3v) is 4.77. The summed E-state index contributed by atoms with van der Waals surface area (Å²) in [6.07, 6.45) is 1.77. The van der Waals surface area contributed by atoms with E-state index in [4.69, 9.17) is 11.6 Å². The van der Waals surface area contributed by atoms with Gasteiger partial charge >= 0.3 is 0 Å². The average Bonchev–Trinajstić information content (AvgIpc) is 2.54. The predicted octanol–water partition coefficient (Wildman–Crippen LogP) is 2.85. The van der Waals surface area contributed by atoms with Gasteiger partial charge in [0.25, 0.3) is 0 Å². The lowest BCUT2D eigenvalue weighted by molar-refractivity contribution is -0.124. The Hall–Kier alpha value is -2.05. The number of fused-ring (bicyclic) bond motifs is 1. The maximum absolute atomic E-state index is 12.1. The molecule has 1 aliphatic rings. The number of carbonyl (C=O) groups is 2. The summed E-state index contributed by atoms with van der Waals surface area (Å²) in [5, 5.41) is 6.47. The highest BCUT2D eigenvalue weighted by Crippen LogP contribution is 2.34. The third kappa shape index (κ3) is 4.03. The first-order chi connectivity index (χ1) is 11.1. The largest absolute Gasteiger partial charge is 0.352 e. The summed E-state index contributed by atoms with van der Waals surface area (Å²) in [4.78, 5) is 28.3. The normalized spacial score (nSPS) is 16.4. The molecule has 2 aromatic rings. The zero-order valence-corrected chi connectivity index (χ0v) is 13.7. The number of hydrogen-bond donors (Lipinski definition) is 2. The summed E-state index contributed by atoms with van der Waals surface area (Å²) < 4.78 is 0. The molecule has 2 heterocycles. The number of halogens is 1. The molecular formula is C16H14ClN3O2S. The molecule has 0 radical (unpaired) electrons. The number of hydrogen-bond acceptors (Lipinski definition) is 4. The smallest absolute Gasteiger partial charge is 0.238 e. The summed E-state index contributed by atoms with van der Waals surface area (Å²) in [7, 11) is 0.